The maximum Gasteiger partial charge on any atom is 0.0773 e. The van der Waals surface area contributed by atoms with Crippen molar-refractivity contribution in [3.05, 3.63) is 11.6 Å². The number of rotatable bonds is 6. The molecule has 2 atom stereocenters. The molecular formula is C10H22N2O. The molecule has 0 bridgehead atoms. The molecular weight excluding hydrogens is 164 g/mol. The van der Waals surface area contributed by atoms with Gasteiger partial charge in [-0.1, -0.05) is 25.0 Å². The van der Waals surface area contributed by atoms with Gasteiger partial charge in [-0.3, -0.25) is 11.3 Å². The van der Waals surface area contributed by atoms with Crippen molar-refractivity contribution >= 4 is 0 Å². The lowest BCUT2D eigenvalue weighted by Gasteiger charge is -2.22. The minimum Gasteiger partial charge on any atom is -0.379 e. The number of hydrogen-bond acceptors (Lipinski definition) is 3. The number of allylic oxidation sites excluding steroid dienone is 1. The second-order valence-electron chi connectivity index (χ2n) is 3.50. The van der Waals surface area contributed by atoms with Gasteiger partial charge in [0.2, 0.25) is 0 Å². The van der Waals surface area contributed by atoms with Crippen LogP contribution in [-0.4, -0.2) is 19.3 Å². The van der Waals surface area contributed by atoms with Crippen molar-refractivity contribution in [1.29, 1.82) is 0 Å². The topological polar surface area (TPSA) is 47.3 Å². The van der Waals surface area contributed by atoms with Crippen LogP contribution in [0.15, 0.2) is 11.6 Å². The van der Waals surface area contributed by atoms with E-state index in [0.29, 0.717) is 0 Å². The van der Waals surface area contributed by atoms with Gasteiger partial charge >= 0.3 is 0 Å². The molecule has 0 aromatic heterocycles. The van der Waals surface area contributed by atoms with E-state index in [9.17, 15) is 0 Å². The van der Waals surface area contributed by atoms with Crippen LogP contribution in [-0.2, 0) is 4.74 Å². The Morgan fingerprint density at radius 2 is 2.15 bits per heavy atom. The predicted octanol–water partition coefficient (Wildman–Crippen LogP) is 1.60. The number of hydrazine groups is 1. The second-order valence-corrected chi connectivity index (χ2v) is 3.50. The zero-order valence-electron chi connectivity index (χ0n) is 9.13. The van der Waals surface area contributed by atoms with Crippen LogP contribution in [0.25, 0.3) is 0 Å². The highest BCUT2D eigenvalue weighted by molar-refractivity contribution is 5.03. The maximum absolute atomic E-state index is 5.45. The number of methoxy groups -OCH3 is 1. The average molecular weight is 186 g/mol. The Morgan fingerprint density at radius 1 is 1.54 bits per heavy atom. The van der Waals surface area contributed by atoms with Crippen LogP contribution in [0.4, 0.5) is 0 Å². The molecule has 0 amide bonds. The third-order valence-corrected chi connectivity index (χ3v) is 1.98. The number of ether oxygens (including phenoxy) is 1. The van der Waals surface area contributed by atoms with Gasteiger partial charge in [0.25, 0.3) is 0 Å². The van der Waals surface area contributed by atoms with E-state index in [1.54, 1.807) is 7.11 Å². The van der Waals surface area contributed by atoms with Crippen molar-refractivity contribution in [3.8, 4) is 0 Å². The first-order valence-corrected chi connectivity index (χ1v) is 4.79. The molecule has 0 aliphatic rings. The van der Waals surface area contributed by atoms with Gasteiger partial charge in [-0.2, -0.15) is 0 Å². The molecule has 2 unspecified atom stereocenters. The molecule has 0 aromatic carbocycles. The fraction of sp³-hybridized carbons (Fsp3) is 0.800. The van der Waals surface area contributed by atoms with Crippen molar-refractivity contribution in [2.24, 2.45) is 5.84 Å². The first-order valence-electron chi connectivity index (χ1n) is 4.79. The van der Waals surface area contributed by atoms with E-state index in [-0.39, 0.29) is 12.1 Å². The summed E-state index contributed by atoms with van der Waals surface area (Å²) in [4.78, 5) is 0. The van der Waals surface area contributed by atoms with E-state index in [1.165, 1.54) is 5.57 Å². The molecule has 0 aliphatic heterocycles. The molecule has 0 fully saturated rings. The lowest BCUT2D eigenvalue weighted by molar-refractivity contribution is 0.0742. The molecule has 3 nitrogen and oxygen atoms in total. The maximum atomic E-state index is 5.45. The van der Waals surface area contributed by atoms with E-state index in [1.807, 2.05) is 0 Å². The molecule has 0 saturated heterocycles. The van der Waals surface area contributed by atoms with Gasteiger partial charge in [-0.15, -0.1) is 0 Å². The molecule has 3 heteroatoms. The highest BCUT2D eigenvalue weighted by Gasteiger charge is 2.16. The second kappa shape index (κ2) is 7.06. The van der Waals surface area contributed by atoms with Crippen LogP contribution in [0.3, 0.4) is 0 Å². The number of nitrogens with two attached hydrogens (primary N) is 1. The molecule has 0 heterocycles. The summed E-state index contributed by atoms with van der Waals surface area (Å²) in [5, 5.41) is 0. The molecule has 0 saturated carbocycles. The number of nitrogens with one attached hydrogen (secondary N) is 1. The van der Waals surface area contributed by atoms with Crippen LogP contribution >= 0.6 is 0 Å². The molecule has 3 N–H and O–H groups in total. The van der Waals surface area contributed by atoms with E-state index >= 15 is 0 Å². The minimum atomic E-state index is 0.120. The Hall–Kier alpha value is -0.380. The normalized spacial score (nSPS) is 15.2. The zero-order valence-corrected chi connectivity index (χ0v) is 9.13. The molecule has 0 radical (unpaired) electrons. The van der Waals surface area contributed by atoms with Crippen LogP contribution in [0, 0.1) is 0 Å². The highest BCUT2D eigenvalue weighted by Crippen LogP contribution is 2.08. The molecule has 0 aromatic rings. The Labute approximate surface area is 81.3 Å². The van der Waals surface area contributed by atoms with Gasteiger partial charge in [0, 0.05) is 7.11 Å². The summed E-state index contributed by atoms with van der Waals surface area (Å²) in [6.45, 7) is 6.26. The Bertz CT molecular complexity index is 153. The van der Waals surface area contributed by atoms with Crippen LogP contribution in [0.1, 0.15) is 33.6 Å². The molecule has 0 spiro atoms. The van der Waals surface area contributed by atoms with Crippen LogP contribution in [0.2, 0.25) is 0 Å². The summed E-state index contributed by atoms with van der Waals surface area (Å²) in [6.07, 6.45) is 4.40. The summed E-state index contributed by atoms with van der Waals surface area (Å²) < 4.78 is 5.36. The quantitative estimate of drug-likeness (QED) is 0.376. The molecule has 13 heavy (non-hydrogen) atoms. The van der Waals surface area contributed by atoms with Crippen LogP contribution < -0.4 is 11.3 Å². The van der Waals surface area contributed by atoms with Crippen LogP contribution in [0.5, 0.6) is 0 Å². The Kier molecular flexibility index (Phi) is 6.86. The summed E-state index contributed by atoms with van der Waals surface area (Å²) in [7, 11) is 1.73. The fourth-order valence-corrected chi connectivity index (χ4v) is 1.35. The van der Waals surface area contributed by atoms with Crippen molar-refractivity contribution in [3.63, 3.8) is 0 Å². The first kappa shape index (κ1) is 12.6. The van der Waals surface area contributed by atoms with Gasteiger partial charge in [0.05, 0.1) is 12.1 Å². The molecule has 0 aliphatic carbocycles. The Balaban J connectivity index is 4.24. The van der Waals surface area contributed by atoms with Gasteiger partial charge in [-0.05, 0) is 20.3 Å². The first-order chi connectivity index (χ1) is 6.15. The standard InChI is InChI=1S/C10H22N2O/c1-5-6-10(13-4)9(12-11)7-8(2)3/h7,9-10,12H,5-6,11H2,1-4H3. The van der Waals surface area contributed by atoms with Crippen molar-refractivity contribution in [2.75, 3.05) is 7.11 Å². The SMILES string of the molecule is CCCC(OC)C(C=C(C)C)NN. The molecule has 78 valence electrons. The average Bonchev–Trinajstić information content (AvgIpc) is 2.10. The fourth-order valence-electron chi connectivity index (χ4n) is 1.35. The third kappa shape index (κ3) is 5.03. The van der Waals surface area contributed by atoms with E-state index in [2.05, 4.69) is 32.3 Å². The molecule has 0 rings (SSSR count). The summed E-state index contributed by atoms with van der Waals surface area (Å²) >= 11 is 0. The largest absolute Gasteiger partial charge is 0.379 e. The smallest absolute Gasteiger partial charge is 0.0773 e. The van der Waals surface area contributed by atoms with Crippen molar-refractivity contribution in [1.82, 2.24) is 5.43 Å². The number of hydrogen-bond donors (Lipinski definition) is 2. The monoisotopic (exact) mass is 186 g/mol. The summed E-state index contributed by atoms with van der Waals surface area (Å²) in [6, 6.07) is 0.120. The van der Waals surface area contributed by atoms with E-state index < -0.39 is 0 Å². The van der Waals surface area contributed by atoms with Crippen molar-refractivity contribution in [2.45, 2.75) is 45.8 Å². The van der Waals surface area contributed by atoms with Gasteiger partial charge in [-0.25, -0.2) is 0 Å². The zero-order chi connectivity index (χ0) is 10.3. The summed E-state index contributed by atoms with van der Waals surface area (Å²) in [5.74, 6) is 5.45. The van der Waals surface area contributed by atoms with E-state index in [0.717, 1.165) is 12.8 Å². The van der Waals surface area contributed by atoms with Gasteiger partial charge in [0.15, 0.2) is 0 Å². The lowest BCUT2D eigenvalue weighted by atomic mass is 10.0. The van der Waals surface area contributed by atoms with Crippen molar-refractivity contribution < 1.29 is 4.74 Å². The van der Waals surface area contributed by atoms with Gasteiger partial charge in [0.1, 0.15) is 0 Å². The minimum absolute atomic E-state index is 0.120. The predicted molar refractivity (Wildman–Crippen MR) is 56.2 cm³/mol. The van der Waals surface area contributed by atoms with Gasteiger partial charge < -0.3 is 4.74 Å². The van der Waals surface area contributed by atoms with E-state index in [4.69, 9.17) is 10.6 Å². The highest BCUT2D eigenvalue weighted by atomic mass is 16.5. The third-order valence-electron chi connectivity index (χ3n) is 1.98. The Morgan fingerprint density at radius 3 is 2.46 bits per heavy atom. The summed E-state index contributed by atoms with van der Waals surface area (Å²) in [5.41, 5.74) is 4.02. The lowest BCUT2D eigenvalue weighted by Crippen LogP contribution is -2.43.